The van der Waals surface area contributed by atoms with Crippen LogP contribution in [0.15, 0.2) is 146 Å². The molecule has 0 aromatic rings. The van der Waals surface area contributed by atoms with Gasteiger partial charge in [0, 0.05) is 19.3 Å². The van der Waals surface area contributed by atoms with E-state index >= 15 is 0 Å². The minimum absolute atomic E-state index is 0.0231. The maximum Gasteiger partial charge on any atom is 0.472 e. The van der Waals surface area contributed by atoms with Crippen LogP contribution in [0.1, 0.15) is 162 Å². The molecular weight excluding hydrogens is 904 g/mol. The van der Waals surface area contributed by atoms with Gasteiger partial charge in [0.15, 0.2) is 6.10 Å². The van der Waals surface area contributed by atoms with Gasteiger partial charge in [0.1, 0.15) is 12.7 Å². The second kappa shape index (κ2) is 50.7. The van der Waals surface area contributed by atoms with Crippen molar-refractivity contribution < 1.29 is 52.2 Å². The summed E-state index contributed by atoms with van der Waals surface area (Å²) in [5.41, 5.74) is 0. The zero-order valence-corrected chi connectivity index (χ0v) is 43.8. The topological polar surface area (TPSA) is 155 Å². The van der Waals surface area contributed by atoms with Crippen LogP contribution in [-0.2, 0) is 42.2 Å². The fourth-order valence-corrected chi connectivity index (χ4v) is 6.73. The molecule has 0 rings (SSSR count). The number of phosphoric ester groups is 1. The first-order valence-corrected chi connectivity index (χ1v) is 27.2. The summed E-state index contributed by atoms with van der Waals surface area (Å²) < 4.78 is 39.2. The van der Waals surface area contributed by atoms with Gasteiger partial charge in [-0.2, -0.15) is 0 Å². The van der Waals surface area contributed by atoms with E-state index in [1.807, 2.05) is 30.4 Å². The first-order chi connectivity index (χ1) is 34.2. The average Bonchev–Trinajstić information content (AvgIpc) is 3.35. The molecule has 3 atom stereocenters. The van der Waals surface area contributed by atoms with Gasteiger partial charge in [-0.25, -0.2) is 4.57 Å². The number of aliphatic hydroxyl groups is 1. The lowest BCUT2D eigenvalue weighted by Gasteiger charge is -2.21. The lowest BCUT2D eigenvalue weighted by molar-refractivity contribution is -0.161. The van der Waals surface area contributed by atoms with E-state index in [0.29, 0.717) is 32.1 Å². The maximum absolute atomic E-state index is 12.8. The highest BCUT2D eigenvalue weighted by atomic mass is 31.2. The minimum Gasteiger partial charge on any atom is -0.462 e. The van der Waals surface area contributed by atoms with Gasteiger partial charge in [-0.15, -0.1) is 0 Å². The Bertz CT molecular complexity index is 1730. The van der Waals surface area contributed by atoms with E-state index in [2.05, 4.69) is 136 Å². The van der Waals surface area contributed by atoms with Crippen molar-refractivity contribution in [3.63, 3.8) is 0 Å². The molecule has 0 heterocycles. The molecule has 392 valence electrons. The normalized spacial score (nSPS) is 14.6. The quantitative estimate of drug-likeness (QED) is 0.0197. The van der Waals surface area contributed by atoms with Crippen LogP contribution in [0.5, 0.6) is 0 Å². The van der Waals surface area contributed by atoms with E-state index in [1.54, 1.807) is 0 Å². The summed E-state index contributed by atoms with van der Waals surface area (Å²) in [5, 5.41) is 9.77. The molecule has 0 aromatic carbocycles. The number of phosphoric acid groups is 1. The Morgan fingerprint density at radius 3 is 1.17 bits per heavy atom. The highest BCUT2D eigenvalue weighted by Gasteiger charge is 2.28. The lowest BCUT2D eigenvalue weighted by atomic mass is 10.1. The molecule has 70 heavy (non-hydrogen) atoms. The second-order valence-electron chi connectivity index (χ2n) is 16.2. The number of hydrogen-bond acceptors (Lipinski definition) is 10. The van der Waals surface area contributed by atoms with Crippen molar-refractivity contribution in [3.05, 3.63) is 146 Å². The molecule has 0 aliphatic carbocycles. The number of unbranched alkanes of at least 4 members (excludes halogenated alkanes) is 4. The summed E-state index contributed by atoms with van der Waals surface area (Å²) in [7, 11) is -4.79. The lowest BCUT2D eigenvalue weighted by Crippen LogP contribution is -2.30. The third-order valence-electron chi connectivity index (χ3n) is 9.75. The summed E-state index contributed by atoms with van der Waals surface area (Å²) in [6.45, 7) is 4.06. The van der Waals surface area contributed by atoms with Crippen molar-refractivity contribution in [2.75, 3.05) is 26.4 Å². The molecule has 0 spiro atoms. The monoisotopic (exact) mass is 993 g/mol. The van der Waals surface area contributed by atoms with Crippen LogP contribution < -0.4 is 0 Å². The molecule has 0 saturated carbocycles. The highest BCUT2D eigenvalue weighted by molar-refractivity contribution is 7.47. The van der Waals surface area contributed by atoms with Crippen molar-refractivity contribution in [2.45, 2.75) is 174 Å². The van der Waals surface area contributed by atoms with Gasteiger partial charge in [-0.1, -0.05) is 173 Å². The van der Waals surface area contributed by atoms with Crippen LogP contribution in [-0.4, -0.2) is 66.5 Å². The largest absolute Gasteiger partial charge is 0.472 e. The third-order valence-corrected chi connectivity index (χ3v) is 10.7. The molecule has 0 aliphatic rings. The first-order valence-electron chi connectivity index (χ1n) is 25.7. The Morgan fingerprint density at radius 2 is 0.743 bits per heavy atom. The SMILES string of the molecule is CC/C=C\C/C=C\C/C=C\C/C=C\C/C=C\CCCC(=O)OCC(COP(=O)(O)OCC(CO)OC(=O)CCCCC/C=C\C/C=C\C/C=C\CC)OC(=O)CC/C=C\C/C=C\C/C=C\C/C=C\CC. The Morgan fingerprint density at radius 1 is 0.400 bits per heavy atom. The van der Waals surface area contributed by atoms with Gasteiger partial charge >= 0.3 is 25.7 Å². The Labute approximate surface area is 422 Å². The Hall–Kier alpha value is -4.64. The Kier molecular flexibility index (Phi) is 47.4. The number of carbonyl (C=O) groups is 3. The first kappa shape index (κ1) is 65.4. The molecule has 0 saturated heterocycles. The van der Waals surface area contributed by atoms with E-state index in [-0.39, 0.29) is 19.3 Å². The van der Waals surface area contributed by atoms with Gasteiger partial charge in [-0.3, -0.25) is 23.4 Å². The smallest absolute Gasteiger partial charge is 0.462 e. The van der Waals surface area contributed by atoms with E-state index in [0.717, 1.165) is 89.9 Å². The number of allylic oxidation sites excluding steroid dienone is 24. The number of ether oxygens (including phenoxy) is 3. The van der Waals surface area contributed by atoms with Crippen molar-refractivity contribution in [2.24, 2.45) is 0 Å². The number of rotatable bonds is 45. The molecule has 0 aliphatic heterocycles. The fourth-order valence-electron chi connectivity index (χ4n) is 5.95. The van der Waals surface area contributed by atoms with E-state index in [4.69, 9.17) is 23.3 Å². The molecule has 0 bridgehead atoms. The summed E-state index contributed by atoms with van der Waals surface area (Å²) in [6, 6.07) is 0. The summed E-state index contributed by atoms with van der Waals surface area (Å²) >= 11 is 0. The molecule has 11 nitrogen and oxygen atoms in total. The van der Waals surface area contributed by atoms with Gasteiger partial charge in [0.05, 0.1) is 19.8 Å². The minimum atomic E-state index is -4.79. The number of aliphatic hydroxyl groups excluding tert-OH is 1. The van der Waals surface area contributed by atoms with Gasteiger partial charge in [0.2, 0.25) is 0 Å². The van der Waals surface area contributed by atoms with Crippen LogP contribution in [0.3, 0.4) is 0 Å². The molecule has 0 fully saturated rings. The predicted molar refractivity (Wildman–Crippen MR) is 288 cm³/mol. The molecule has 3 unspecified atom stereocenters. The van der Waals surface area contributed by atoms with Gasteiger partial charge in [-0.05, 0) is 116 Å². The van der Waals surface area contributed by atoms with Crippen molar-refractivity contribution >= 4 is 25.7 Å². The van der Waals surface area contributed by atoms with E-state index in [9.17, 15) is 28.9 Å². The van der Waals surface area contributed by atoms with Crippen molar-refractivity contribution in [1.29, 1.82) is 0 Å². The standard InChI is InChI=1S/C58H89O11P/c1-4-7-10-13-16-19-22-25-26-27-28-31-32-35-38-41-44-47-56(60)65-51-55(69-58(62)49-46-43-40-37-34-30-24-21-18-15-12-9-6-3)53-67-70(63,64)66-52-54(50-59)68-57(61)48-45-42-39-36-33-29-23-20-17-14-11-8-5-2/h7-12,16-21,25-26,28-31,33-35,38,40,43,54-55,59H,4-6,13-15,22-24,27,32,36-37,39,41-42,44-53H2,1-3H3,(H,63,64)/b10-7-,11-8-,12-9-,19-16-,20-17-,21-18-,26-25-,31-28-,33-29-,34-30-,38-35-,43-40-. The maximum atomic E-state index is 12.8. The predicted octanol–water partition coefficient (Wildman–Crippen LogP) is 14.8. The molecule has 0 radical (unpaired) electrons. The van der Waals surface area contributed by atoms with Gasteiger partial charge < -0.3 is 24.2 Å². The number of carbonyl (C=O) groups excluding carboxylic acids is 3. The van der Waals surface area contributed by atoms with E-state index < -0.39 is 64.4 Å². The second-order valence-corrected chi connectivity index (χ2v) is 17.6. The summed E-state index contributed by atoms with van der Waals surface area (Å²) in [5.74, 6) is -1.69. The summed E-state index contributed by atoms with van der Waals surface area (Å²) in [6.07, 6.45) is 64.2. The zero-order valence-electron chi connectivity index (χ0n) is 42.9. The third kappa shape index (κ3) is 48.4. The van der Waals surface area contributed by atoms with E-state index in [1.165, 1.54) is 0 Å². The van der Waals surface area contributed by atoms with Crippen LogP contribution in [0, 0.1) is 0 Å². The molecule has 0 amide bonds. The fraction of sp³-hybridized carbons (Fsp3) is 0.534. The van der Waals surface area contributed by atoms with Crippen molar-refractivity contribution in [3.8, 4) is 0 Å². The molecular formula is C58H89O11P. The van der Waals surface area contributed by atoms with Crippen molar-refractivity contribution in [1.82, 2.24) is 0 Å². The van der Waals surface area contributed by atoms with Crippen LogP contribution in [0.25, 0.3) is 0 Å². The van der Waals surface area contributed by atoms with Crippen LogP contribution >= 0.6 is 7.82 Å². The van der Waals surface area contributed by atoms with Gasteiger partial charge in [0.25, 0.3) is 0 Å². The van der Waals surface area contributed by atoms with Crippen LogP contribution in [0.4, 0.5) is 0 Å². The molecule has 12 heteroatoms. The number of esters is 3. The number of hydrogen-bond donors (Lipinski definition) is 2. The zero-order chi connectivity index (χ0) is 51.3. The molecule has 0 aromatic heterocycles. The highest BCUT2D eigenvalue weighted by Crippen LogP contribution is 2.43. The Balaban J connectivity index is 4.95. The molecule has 2 N–H and O–H groups in total. The summed E-state index contributed by atoms with van der Waals surface area (Å²) in [4.78, 5) is 48.3. The average molecular weight is 993 g/mol. The van der Waals surface area contributed by atoms with Crippen LogP contribution in [0.2, 0.25) is 0 Å².